The van der Waals surface area contributed by atoms with Crippen LogP contribution in [0.15, 0.2) is 72.8 Å². The number of para-hydroxylation sites is 2. The SMILES string of the molecule is Cc1ccc(-c2c([C@H](O)C(=O)O)c(C)[n+](C3CCc4c(C)c(-c5c([C@H](C)C(=O)O)c(C)nc6ccccc56)cc(F)c4O3)c3ccccc23)cc1C. The van der Waals surface area contributed by atoms with E-state index in [1.165, 1.54) is 6.07 Å². The van der Waals surface area contributed by atoms with Gasteiger partial charge in [0.2, 0.25) is 5.52 Å². The van der Waals surface area contributed by atoms with E-state index in [1.54, 1.807) is 20.8 Å². The minimum atomic E-state index is -1.83. The Morgan fingerprint density at radius 2 is 1.56 bits per heavy atom. The van der Waals surface area contributed by atoms with Gasteiger partial charge >= 0.3 is 18.2 Å². The maximum Gasteiger partial charge on any atom is 0.337 e. The number of hydrogen-bond acceptors (Lipinski definition) is 5. The predicted octanol–water partition coefficient (Wildman–Crippen LogP) is 8.52. The zero-order valence-electron chi connectivity index (χ0n) is 29.9. The molecule has 0 saturated carbocycles. The highest BCUT2D eigenvalue weighted by molar-refractivity contribution is 6.00. The molecular weight excluding hydrogens is 659 g/mol. The number of hydrogen-bond donors (Lipinski definition) is 3. The van der Waals surface area contributed by atoms with Crippen molar-refractivity contribution >= 4 is 33.7 Å². The van der Waals surface area contributed by atoms with Gasteiger partial charge < -0.3 is 20.1 Å². The van der Waals surface area contributed by atoms with Crippen molar-refractivity contribution < 1.29 is 38.6 Å². The Kier molecular flexibility index (Phi) is 8.79. The largest absolute Gasteiger partial charge is 0.481 e. The number of nitrogens with zero attached hydrogens (tertiary/aromatic N) is 2. The number of benzene rings is 4. The number of carboxylic acid groups (broad SMARTS) is 2. The molecule has 7 rings (SSSR count). The number of fused-ring (bicyclic) bond motifs is 3. The third kappa shape index (κ3) is 5.56. The summed E-state index contributed by atoms with van der Waals surface area (Å²) in [5, 5.41) is 32.9. The van der Waals surface area contributed by atoms with Crippen LogP contribution in [0.4, 0.5) is 4.39 Å². The highest BCUT2D eigenvalue weighted by atomic mass is 19.1. The summed E-state index contributed by atoms with van der Waals surface area (Å²) >= 11 is 0. The van der Waals surface area contributed by atoms with Gasteiger partial charge in [-0.3, -0.25) is 9.78 Å². The Labute approximate surface area is 300 Å². The number of aliphatic hydroxyl groups excluding tert-OH is 1. The second kappa shape index (κ2) is 13.1. The highest BCUT2D eigenvalue weighted by Crippen LogP contribution is 2.45. The molecule has 8 nitrogen and oxygen atoms in total. The van der Waals surface area contributed by atoms with E-state index in [1.807, 2.05) is 92.1 Å². The quantitative estimate of drug-likeness (QED) is 0.143. The summed E-state index contributed by atoms with van der Waals surface area (Å²) in [6, 6.07) is 22.4. The number of aliphatic hydroxyl groups is 1. The van der Waals surface area contributed by atoms with Crippen LogP contribution in [0.5, 0.6) is 5.75 Å². The number of ether oxygens (including phenoxy) is 1. The molecule has 0 aliphatic carbocycles. The standard InChI is InChI=1S/C43H39FN2O6/c1-21-15-16-27(19-22(21)2)38-30-12-8-10-14-34(30)46(26(6)37(38)40(47)43(50)51)35-18-17-28-23(3)31(20-32(44)41(28)52-35)39-29-11-7-9-13-33(29)45-25(5)36(39)24(4)42(48)49/h7-16,19-20,24,35,40,47H,17-18H2,1-6H3,(H-,48,49,50,51)/p+1/t24-,35?,40-/m0/s1. The van der Waals surface area contributed by atoms with Crippen LogP contribution in [-0.4, -0.2) is 32.2 Å². The fourth-order valence-corrected chi connectivity index (χ4v) is 7.97. The lowest BCUT2D eigenvalue weighted by Gasteiger charge is -2.29. The number of carboxylic acids is 2. The summed E-state index contributed by atoms with van der Waals surface area (Å²) in [6.07, 6.45) is -1.70. The highest BCUT2D eigenvalue weighted by Gasteiger charge is 2.39. The number of aliphatic carboxylic acids is 2. The molecule has 0 saturated heterocycles. The Bertz CT molecular complexity index is 2470. The van der Waals surface area contributed by atoms with E-state index in [2.05, 4.69) is 0 Å². The van der Waals surface area contributed by atoms with E-state index in [0.717, 1.165) is 38.5 Å². The fourth-order valence-electron chi connectivity index (χ4n) is 7.97. The average Bonchev–Trinajstić information content (AvgIpc) is 3.12. The van der Waals surface area contributed by atoms with Crippen molar-refractivity contribution in [3.63, 3.8) is 0 Å². The molecule has 0 fully saturated rings. The molecule has 264 valence electrons. The van der Waals surface area contributed by atoms with Crippen molar-refractivity contribution in [2.45, 2.75) is 72.6 Å². The maximum absolute atomic E-state index is 16.6. The molecule has 3 N–H and O–H groups in total. The van der Waals surface area contributed by atoms with Crippen molar-refractivity contribution in [1.29, 1.82) is 0 Å². The number of aromatic nitrogens is 2. The summed E-state index contributed by atoms with van der Waals surface area (Å²) < 4.78 is 25.0. The van der Waals surface area contributed by atoms with E-state index < -0.39 is 36.0 Å². The molecule has 1 aliphatic rings. The lowest BCUT2D eigenvalue weighted by molar-refractivity contribution is -0.738. The molecule has 3 atom stereocenters. The summed E-state index contributed by atoms with van der Waals surface area (Å²) in [5.74, 6) is -3.77. The number of pyridine rings is 2. The molecule has 0 amide bonds. The Hall–Kier alpha value is -5.67. The minimum Gasteiger partial charge on any atom is -0.481 e. The van der Waals surface area contributed by atoms with Gasteiger partial charge in [0, 0.05) is 35.2 Å². The van der Waals surface area contributed by atoms with Gasteiger partial charge in [-0.15, -0.1) is 0 Å². The van der Waals surface area contributed by atoms with Crippen LogP contribution in [0.2, 0.25) is 0 Å². The second-order valence-corrected chi connectivity index (χ2v) is 13.8. The van der Waals surface area contributed by atoms with Gasteiger partial charge in [-0.25, -0.2) is 9.18 Å². The van der Waals surface area contributed by atoms with Crippen LogP contribution >= 0.6 is 0 Å². The van der Waals surface area contributed by atoms with Crippen LogP contribution in [0, 0.1) is 40.4 Å². The van der Waals surface area contributed by atoms with E-state index in [-0.39, 0.29) is 11.3 Å². The summed E-state index contributed by atoms with van der Waals surface area (Å²) in [5.41, 5.74) is 9.50. The third-order valence-electron chi connectivity index (χ3n) is 10.8. The van der Waals surface area contributed by atoms with Crippen LogP contribution in [0.3, 0.4) is 0 Å². The molecule has 9 heteroatoms. The lowest BCUT2D eigenvalue weighted by atomic mass is 9.84. The molecule has 0 radical (unpaired) electrons. The lowest BCUT2D eigenvalue weighted by Crippen LogP contribution is -2.49. The van der Waals surface area contributed by atoms with Crippen molar-refractivity contribution in [3.8, 4) is 28.0 Å². The van der Waals surface area contributed by atoms with E-state index >= 15 is 4.39 Å². The smallest absolute Gasteiger partial charge is 0.337 e. The average molecular weight is 700 g/mol. The number of rotatable bonds is 7. The molecule has 52 heavy (non-hydrogen) atoms. The van der Waals surface area contributed by atoms with Crippen molar-refractivity contribution in [3.05, 3.63) is 123 Å². The number of aryl methyl sites for hydroxylation is 3. The predicted molar refractivity (Wildman–Crippen MR) is 197 cm³/mol. The van der Waals surface area contributed by atoms with Gasteiger partial charge in [0.05, 0.1) is 28.8 Å². The Morgan fingerprint density at radius 1 is 0.865 bits per heavy atom. The maximum atomic E-state index is 16.6. The second-order valence-electron chi connectivity index (χ2n) is 13.8. The molecule has 2 aromatic heterocycles. The normalized spacial score (nSPS) is 15.3. The minimum absolute atomic E-state index is 0.0926. The molecule has 0 bridgehead atoms. The van der Waals surface area contributed by atoms with Crippen LogP contribution in [0.1, 0.15) is 76.4 Å². The van der Waals surface area contributed by atoms with Crippen molar-refractivity contribution in [2.75, 3.05) is 0 Å². The van der Waals surface area contributed by atoms with Gasteiger partial charge in [-0.2, -0.15) is 4.57 Å². The first-order chi connectivity index (χ1) is 24.8. The first kappa shape index (κ1) is 34.8. The van der Waals surface area contributed by atoms with Crippen molar-refractivity contribution in [1.82, 2.24) is 4.98 Å². The van der Waals surface area contributed by atoms with E-state index in [9.17, 15) is 24.9 Å². The van der Waals surface area contributed by atoms with Crippen molar-refractivity contribution in [2.24, 2.45) is 0 Å². The molecular formula is C43H40FN2O6+. The van der Waals surface area contributed by atoms with E-state index in [4.69, 9.17) is 9.72 Å². The first-order valence-corrected chi connectivity index (χ1v) is 17.4. The van der Waals surface area contributed by atoms with Crippen LogP contribution < -0.4 is 9.30 Å². The molecule has 6 aromatic rings. The number of carbonyl (C=O) groups is 2. The zero-order valence-corrected chi connectivity index (χ0v) is 29.9. The first-order valence-electron chi connectivity index (χ1n) is 17.4. The van der Waals surface area contributed by atoms with Gasteiger partial charge in [0.15, 0.2) is 23.4 Å². The van der Waals surface area contributed by atoms with Gasteiger partial charge in [-0.1, -0.05) is 48.5 Å². The van der Waals surface area contributed by atoms with Crippen LogP contribution in [-0.2, 0) is 16.0 Å². The Balaban J connectivity index is 1.42. The number of halogens is 1. The topological polar surface area (TPSA) is 121 Å². The fraction of sp³-hybridized carbons (Fsp3) is 0.256. The zero-order chi connectivity index (χ0) is 37.2. The Morgan fingerprint density at radius 3 is 2.25 bits per heavy atom. The van der Waals surface area contributed by atoms with Gasteiger partial charge in [-0.05, 0) is 98.2 Å². The molecule has 4 aromatic carbocycles. The molecule has 0 spiro atoms. The monoisotopic (exact) mass is 699 g/mol. The summed E-state index contributed by atoms with van der Waals surface area (Å²) in [4.78, 5) is 29.4. The molecule has 3 heterocycles. The third-order valence-corrected chi connectivity index (χ3v) is 10.8. The van der Waals surface area contributed by atoms with Gasteiger partial charge in [0.1, 0.15) is 0 Å². The molecule has 1 unspecified atom stereocenters. The van der Waals surface area contributed by atoms with E-state index in [0.29, 0.717) is 57.6 Å². The summed E-state index contributed by atoms with van der Waals surface area (Å²) in [6.45, 7) is 11.1. The van der Waals surface area contributed by atoms with Gasteiger partial charge in [0.25, 0.3) is 0 Å². The molecule has 1 aliphatic heterocycles. The summed E-state index contributed by atoms with van der Waals surface area (Å²) in [7, 11) is 0. The van der Waals surface area contributed by atoms with Crippen LogP contribution in [0.25, 0.3) is 44.1 Å².